The van der Waals surface area contributed by atoms with E-state index < -0.39 is 5.60 Å². The van der Waals surface area contributed by atoms with Gasteiger partial charge >= 0.3 is 6.09 Å². The maximum atomic E-state index is 11.9. The van der Waals surface area contributed by atoms with Crippen molar-refractivity contribution in [1.29, 1.82) is 0 Å². The second-order valence-corrected chi connectivity index (χ2v) is 6.11. The molecule has 17 heavy (non-hydrogen) atoms. The number of rotatable bonds is 0. The van der Waals surface area contributed by atoms with Gasteiger partial charge in [-0.2, -0.15) is 0 Å². The fourth-order valence-corrected chi connectivity index (χ4v) is 2.73. The van der Waals surface area contributed by atoms with E-state index in [1.807, 2.05) is 20.8 Å². The lowest BCUT2D eigenvalue weighted by atomic mass is 9.81. The predicted molar refractivity (Wildman–Crippen MR) is 63.6 cm³/mol. The van der Waals surface area contributed by atoms with Crippen molar-refractivity contribution in [2.24, 2.45) is 11.8 Å². The normalized spacial score (nSPS) is 29.1. The van der Waals surface area contributed by atoms with Crippen molar-refractivity contribution in [2.45, 2.75) is 45.6 Å². The van der Waals surface area contributed by atoms with E-state index in [9.17, 15) is 9.59 Å². The van der Waals surface area contributed by atoms with Gasteiger partial charge in [0.2, 0.25) is 0 Å². The molecule has 1 saturated carbocycles. The van der Waals surface area contributed by atoms with Crippen LogP contribution in [0.2, 0.25) is 0 Å². The van der Waals surface area contributed by atoms with Gasteiger partial charge in [-0.15, -0.1) is 0 Å². The molecule has 1 saturated heterocycles. The molecule has 0 aromatic rings. The van der Waals surface area contributed by atoms with Crippen molar-refractivity contribution in [1.82, 2.24) is 4.90 Å². The van der Waals surface area contributed by atoms with Crippen molar-refractivity contribution in [2.75, 3.05) is 13.1 Å². The summed E-state index contributed by atoms with van der Waals surface area (Å²) in [7, 11) is 0. The minimum Gasteiger partial charge on any atom is -0.444 e. The minimum atomic E-state index is -0.463. The zero-order chi connectivity index (χ0) is 12.6. The molecule has 0 unspecified atom stereocenters. The third-order valence-electron chi connectivity index (χ3n) is 3.50. The number of Topliss-reactive ketones (excluding diaryl/α,β-unsaturated/α-hetero) is 1. The molecule has 0 N–H and O–H groups in total. The van der Waals surface area contributed by atoms with E-state index in [4.69, 9.17) is 4.74 Å². The highest BCUT2D eigenvalue weighted by molar-refractivity contribution is 5.83. The molecular formula is C13H21NO3. The summed E-state index contributed by atoms with van der Waals surface area (Å²) in [4.78, 5) is 25.4. The largest absolute Gasteiger partial charge is 0.444 e. The standard InChI is InChI=1S/C13H21NO3/c1-13(2,3)17-12(16)14-7-9-5-4-6-11(15)10(9)8-14/h9-10H,4-8H2,1-3H3/t9-,10-/m1/s1. The van der Waals surface area contributed by atoms with Gasteiger partial charge in [-0.1, -0.05) is 0 Å². The first kappa shape index (κ1) is 12.4. The number of carbonyl (C=O) groups is 2. The number of likely N-dealkylation sites (tertiary alicyclic amines) is 1. The number of hydrogen-bond donors (Lipinski definition) is 0. The van der Waals surface area contributed by atoms with Crippen LogP contribution < -0.4 is 0 Å². The van der Waals surface area contributed by atoms with Crippen molar-refractivity contribution in [3.05, 3.63) is 0 Å². The summed E-state index contributed by atoms with van der Waals surface area (Å²) in [5.41, 5.74) is -0.463. The summed E-state index contributed by atoms with van der Waals surface area (Å²) in [5.74, 6) is 0.757. The highest BCUT2D eigenvalue weighted by Gasteiger charge is 2.42. The van der Waals surface area contributed by atoms with E-state index in [0.29, 0.717) is 31.2 Å². The maximum Gasteiger partial charge on any atom is 0.410 e. The average Bonchev–Trinajstić information content (AvgIpc) is 2.60. The van der Waals surface area contributed by atoms with Gasteiger partial charge in [-0.3, -0.25) is 4.79 Å². The average molecular weight is 239 g/mol. The number of hydrogen-bond acceptors (Lipinski definition) is 3. The molecule has 1 aliphatic heterocycles. The molecule has 96 valence electrons. The highest BCUT2D eigenvalue weighted by Crippen LogP contribution is 2.34. The zero-order valence-corrected chi connectivity index (χ0v) is 10.9. The monoisotopic (exact) mass is 239 g/mol. The molecule has 4 heteroatoms. The number of ether oxygens (including phenoxy) is 1. The molecule has 0 spiro atoms. The lowest BCUT2D eigenvalue weighted by Gasteiger charge is -2.24. The minimum absolute atomic E-state index is 0.0660. The van der Waals surface area contributed by atoms with Crippen LogP contribution in [0.1, 0.15) is 40.0 Å². The van der Waals surface area contributed by atoms with E-state index >= 15 is 0 Å². The first-order valence-corrected chi connectivity index (χ1v) is 6.37. The van der Waals surface area contributed by atoms with Crippen molar-refractivity contribution >= 4 is 11.9 Å². The summed E-state index contributed by atoms with van der Waals surface area (Å²) < 4.78 is 5.34. The fourth-order valence-electron chi connectivity index (χ4n) is 2.73. The van der Waals surface area contributed by atoms with Crippen LogP contribution in [0.5, 0.6) is 0 Å². The predicted octanol–water partition coefficient (Wildman–Crippen LogP) is 2.22. The van der Waals surface area contributed by atoms with Crippen LogP contribution in [0.4, 0.5) is 4.79 Å². The topological polar surface area (TPSA) is 46.6 Å². The van der Waals surface area contributed by atoms with Gasteiger partial charge in [-0.05, 0) is 39.5 Å². The summed E-state index contributed by atoms with van der Waals surface area (Å²) in [6.07, 6.45) is 2.45. The molecule has 2 fully saturated rings. The van der Waals surface area contributed by atoms with Crippen LogP contribution in [0.15, 0.2) is 0 Å². The van der Waals surface area contributed by atoms with Crippen molar-refractivity contribution in [3.63, 3.8) is 0 Å². The molecule has 2 aliphatic rings. The van der Waals surface area contributed by atoms with Crippen LogP contribution >= 0.6 is 0 Å². The fraction of sp³-hybridized carbons (Fsp3) is 0.846. The molecule has 0 aromatic heterocycles. The first-order chi connectivity index (χ1) is 7.87. The lowest BCUT2D eigenvalue weighted by Crippen LogP contribution is -2.35. The second-order valence-electron chi connectivity index (χ2n) is 6.11. The Morgan fingerprint density at radius 1 is 1.35 bits per heavy atom. The summed E-state index contributed by atoms with van der Waals surface area (Å²) in [5, 5.41) is 0. The Morgan fingerprint density at radius 2 is 2.06 bits per heavy atom. The molecule has 2 rings (SSSR count). The van der Waals surface area contributed by atoms with E-state index in [1.165, 1.54) is 0 Å². The van der Waals surface area contributed by atoms with Crippen LogP contribution in [0, 0.1) is 11.8 Å². The SMILES string of the molecule is CC(C)(C)OC(=O)N1C[C@H]2CCCC(=O)[C@@H]2C1. The summed E-state index contributed by atoms with van der Waals surface area (Å²) in [6, 6.07) is 0. The molecule has 1 amide bonds. The van der Waals surface area contributed by atoms with Gasteiger partial charge in [0, 0.05) is 25.4 Å². The Balaban J connectivity index is 1.97. The number of amides is 1. The Kier molecular flexibility index (Phi) is 3.15. The quantitative estimate of drug-likeness (QED) is 0.651. The molecule has 2 atom stereocenters. The van der Waals surface area contributed by atoms with E-state index in [1.54, 1.807) is 4.90 Å². The van der Waals surface area contributed by atoms with Gasteiger partial charge in [0.15, 0.2) is 0 Å². The second kappa shape index (κ2) is 4.31. The number of ketones is 1. The Bertz CT molecular complexity index is 332. The maximum absolute atomic E-state index is 11.9. The van der Waals surface area contributed by atoms with Crippen LogP contribution in [-0.4, -0.2) is 35.5 Å². The van der Waals surface area contributed by atoms with E-state index in [0.717, 1.165) is 12.8 Å². The third kappa shape index (κ3) is 2.79. The molecule has 4 nitrogen and oxygen atoms in total. The number of nitrogens with zero attached hydrogens (tertiary/aromatic N) is 1. The van der Waals surface area contributed by atoms with Crippen LogP contribution in [0.3, 0.4) is 0 Å². The molecule has 1 aliphatic carbocycles. The number of fused-ring (bicyclic) bond motifs is 1. The highest BCUT2D eigenvalue weighted by atomic mass is 16.6. The lowest BCUT2D eigenvalue weighted by molar-refractivity contribution is -0.125. The molecule has 0 radical (unpaired) electrons. The first-order valence-electron chi connectivity index (χ1n) is 6.37. The van der Waals surface area contributed by atoms with E-state index in [-0.39, 0.29) is 12.0 Å². The zero-order valence-electron chi connectivity index (χ0n) is 10.9. The molecule has 0 aromatic carbocycles. The van der Waals surface area contributed by atoms with Gasteiger partial charge in [0.1, 0.15) is 11.4 Å². The van der Waals surface area contributed by atoms with Gasteiger partial charge in [0.25, 0.3) is 0 Å². The molecule has 0 bridgehead atoms. The summed E-state index contributed by atoms with van der Waals surface area (Å²) >= 11 is 0. The summed E-state index contributed by atoms with van der Waals surface area (Å²) in [6.45, 7) is 6.82. The Morgan fingerprint density at radius 3 is 2.65 bits per heavy atom. The van der Waals surface area contributed by atoms with Gasteiger partial charge < -0.3 is 9.64 Å². The Labute approximate surface area is 102 Å². The molecular weight excluding hydrogens is 218 g/mol. The van der Waals surface area contributed by atoms with Crippen LogP contribution in [-0.2, 0) is 9.53 Å². The van der Waals surface area contributed by atoms with Crippen LogP contribution in [0.25, 0.3) is 0 Å². The smallest absolute Gasteiger partial charge is 0.410 e. The number of carbonyl (C=O) groups excluding carboxylic acids is 2. The van der Waals surface area contributed by atoms with Crippen molar-refractivity contribution in [3.8, 4) is 0 Å². The Hall–Kier alpha value is -1.06. The van der Waals surface area contributed by atoms with E-state index in [2.05, 4.69) is 0 Å². The van der Waals surface area contributed by atoms with Gasteiger partial charge in [0.05, 0.1) is 0 Å². The third-order valence-corrected chi connectivity index (χ3v) is 3.50. The van der Waals surface area contributed by atoms with Crippen molar-refractivity contribution < 1.29 is 14.3 Å². The van der Waals surface area contributed by atoms with Gasteiger partial charge in [-0.25, -0.2) is 4.79 Å². The molecule has 1 heterocycles.